The molecule has 8 nitrogen and oxygen atoms in total. The summed E-state index contributed by atoms with van der Waals surface area (Å²) >= 11 is 0. The highest BCUT2D eigenvalue weighted by Gasteiger charge is 2.41. The highest BCUT2D eigenvalue weighted by Crippen LogP contribution is 2.25. The molecule has 2 fully saturated rings. The van der Waals surface area contributed by atoms with E-state index in [-0.39, 0.29) is 6.10 Å². The van der Waals surface area contributed by atoms with E-state index in [0.29, 0.717) is 31.7 Å². The van der Waals surface area contributed by atoms with Gasteiger partial charge in [-0.15, -0.1) is 0 Å². The van der Waals surface area contributed by atoms with Gasteiger partial charge in [0.05, 0.1) is 25.4 Å². The number of likely N-dealkylation sites (tertiary alicyclic amines) is 1. The molecule has 2 aromatic rings. The van der Waals surface area contributed by atoms with Gasteiger partial charge in [-0.1, -0.05) is 36.4 Å². The second-order valence-electron chi connectivity index (χ2n) is 8.05. The molecule has 8 heteroatoms. The Morgan fingerprint density at radius 3 is 2.88 bits per heavy atom. The van der Waals surface area contributed by atoms with Gasteiger partial charge in [0, 0.05) is 58.6 Å². The quantitative estimate of drug-likeness (QED) is 0.382. The zero-order valence-corrected chi connectivity index (χ0v) is 18.9. The largest absolute Gasteiger partial charge is 0.475 e. The number of hydrogen-bond acceptors (Lipinski definition) is 6. The summed E-state index contributed by atoms with van der Waals surface area (Å²) in [6.07, 6.45) is 1.93. The summed E-state index contributed by atoms with van der Waals surface area (Å²) in [6.45, 7) is 5.98. The molecule has 2 aliphatic rings. The van der Waals surface area contributed by atoms with E-state index in [0.717, 1.165) is 44.3 Å². The molecule has 1 N–H and O–H groups in total. The predicted octanol–water partition coefficient (Wildman–Crippen LogP) is 1.77. The van der Waals surface area contributed by atoms with E-state index in [1.807, 2.05) is 19.2 Å². The number of hydrogen-bond donors (Lipinski definition) is 1. The van der Waals surface area contributed by atoms with E-state index >= 15 is 0 Å². The first-order valence-corrected chi connectivity index (χ1v) is 11.2. The van der Waals surface area contributed by atoms with E-state index in [9.17, 15) is 0 Å². The van der Waals surface area contributed by atoms with Gasteiger partial charge in [-0.3, -0.25) is 9.89 Å². The number of nitrogens with one attached hydrogen (secondary N) is 1. The standard InChI is InChI=1S/C24H33N5O3/c1-25-24(27-15-20-9-6-10-26-23(20)32-14-13-30-2)29-17-21-22(18-29)31-12-11-28(21)16-19-7-4-3-5-8-19/h3-10,21-22H,11-18H2,1-2H3,(H,25,27). The van der Waals surface area contributed by atoms with Gasteiger partial charge in [-0.2, -0.15) is 0 Å². The molecule has 1 aromatic heterocycles. The van der Waals surface area contributed by atoms with Crippen molar-refractivity contribution in [1.82, 2.24) is 20.1 Å². The van der Waals surface area contributed by atoms with Gasteiger partial charge >= 0.3 is 0 Å². The van der Waals surface area contributed by atoms with E-state index < -0.39 is 0 Å². The molecule has 0 saturated carbocycles. The molecule has 2 unspecified atom stereocenters. The van der Waals surface area contributed by atoms with Crippen molar-refractivity contribution in [3.05, 3.63) is 59.8 Å². The van der Waals surface area contributed by atoms with Crippen molar-refractivity contribution in [2.45, 2.75) is 25.2 Å². The molecule has 0 radical (unpaired) electrons. The van der Waals surface area contributed by atoms with Crippen molar-refractivity contribution in [1.29, 1.82) is 0 Å². The Morgan fingerprint density at radius 1 is 1.19 bits per heavy atom. The SMILES string of the molecule is CN=C(NCc1cccnc1OCCOC)N1CC2OCCN(Cc3ccccc3)C2C1. The molecule has 32 heavy (non-hydrogen) atoms. The normalized spacial score (nSPS) is 21.4. The summed E-state index contributed by atoms with van der Waals surface area (Å²) in [7, 11) is 3.48. The fourth-order valence-corrected chi connectivity index (χ4v) is 4.36. The van der Waals surface area contributed by atoms with Crippen LogP contribution in [0.2, 0.25) is 0 Å². The molecule has 0 bridgehead atoms. The highest BCUT2D eigenvalue weighted by molar-refractivity contribution is 5.80. The van der Waals surface area contributed by atoms with Crippen molar-refractivity contribution >= 4 is 5.96 Å². The number of methoxy groups -OCH3 is 1. The lowest BCUT2D eigenvalue weighted by Gasteiger charge is -2.36. The van der Waals surface area contributed by atoms with Crippen LogP contribution in [0.4, 0.5) is 0 Å². The fourth-order valence-electron chi connectivity index (χ4n) is 4.36. The number of aliphatic imine (C=N–C) groups is 1. The lowest BCUT2D eigenvalue weighted by Crippen LogP contribution is -2.50. The van der Waals surface area contributed by atoms with Gasteiger partial charge in [-0.05, 0) is 11.6 Å². The summed E-state index contributed by atoms with van der Waals surface area (Å²) in [5, 5.41) is 3.48. The van der Waals surface area contributed by atoms with Crippen molar-refractivity contribution in [2.24, 2.45) is 4.99 Å². The predicted molar refractivity (Wildman–Crippen MR) is 124 cm³/mol. The average Bonchev–Trinajstić information content (AvgIpc) is 3.26. The Hall–Kier alpha value is -2.68. The number of nitrogens with zero attached hydrogens (tertiary/aromatic N) is 4. The topological polar surface area (TPSA) is 71.5 Å². The summed E-state index contributed by atoms with van der Waals surface area (Å²) < 4.78 is 17.0. The molecule has 0 aliphatic carbocycles. The van der Waals surface area contributed by atoms with Crippen LogP contribution in [-0.2, 0) is 22.6 Å². The van der Waals surface area contributed by atoms with Gasteiger partial charge in [0.15, 0.2) is 5.96 Å². The summed E-state index contributed by atoms with van der Waals surface area (Å²) in [4.78, 5) is 13.7. The minimum Gasteiger partial charge on any atom is -0.475 e. The Balaban J connectivity index is 1.36. The van der Waals surface area contributed by atoms with Crippen molar-refractivity contribution in [3.63, 3.8) is 0 Å². The van der Waals surface area contributed by atoms with Crippen LogP contribution >= 0.6 is 0 Å². The first kappa shape index (κ1) is 22.5. The molecule has 2 aliphatic heterocycles. The Bertz CT molecular complexity index is 879. The third-order valence-electron chi connectivity index (χ3n) is 5.97. The summed E-state index contributed by atoms with van der Waals surface area (Å²) in [5.41, 5.74) is 2.33. The molecule has 2 atom stereocenters. The third-order valence-corrected chi connectivity index (χ3v) is 5.97. The van der Waals surface area contributed by atoms with Crippen LogP contribution in [0.1, 0.15) is 11.1 Å². The Labute approximate surface area is 190 Å². The van der Waals surface area contributed by atoms with Gasteiger partial charge in [0.1, 0.15) is 6.61 Å². The minimum atomic E-state index is 0.192. The van der Waals surface area contributed by atoms with Crippen molar-refractivity contribution in [3.8, 4) is 5.88 Å². The van der Waals surface area contributed by atoms with Crippen LogP contribution in [0, 0.1) is 0 Å². The van der Waals surface area contributed by atoms with Crippen LogP contribution in [0.15, 0.2) is 53.7 Å². The van der Waals surface area contributed by atoms with Crippen molar-refractivity contribution < 1.29 is 14.2 Å². The maximum atomic E-state index is 6.12. The summed E-state index contributed by atoms with van der Waals surface area (Å²) in [6, 6.07) is 14.9. The molecule has 3 heterocycles. The monoisotopic (exact) mass is 439 g/mol. The fraction of sp³-hybridized carbons (Fsp3) is 0.500. The number of benzene rings is 1. The first-order valence-electron chi connectivity index (χ1n) is 11.2. The number of rotatable bonds is 8. The first-order chi connectivity index (χ1) is 15.8. The molecule has 2 saturated heterocycles. The van der Waals surface area contributed by atoms with E-state index in [4.69, 9.17) is 14.2 Å². The third kappa shape index (κ3) is 5.56. The number of aromatic nitrogens is 1. The minimum absolute atomic E-state index is 0.192. The molecule has 0 amide bonds. The Morgan fingerprint density at radius 2 is 2.06 bits per heavy atom. The smallest absolute Gasteiger partial charge is 0.218 e. The lowest BCUT2D eigenvalue weighted by molar-refractivity contribution is -0.0502. The highest BCUT2D eigenvalue weighted by atomic mass is 16.5. The Kier molecular flexibility index (Phi) is 7.92. The number of pyridine rings is 1. The number of ether oxygens (including phenoxy) is 3. The lowest BCUT2D eigenvalue weighted by atomic mass is 10.1. The molecule has 1 aromatic carbocycles. The molecular formula is C24H33N5O3. The second-order valence-corrected chi connectivity index (χ2v) is 8.05. The van der Waals surface area contributed by atoms with Gasteiger partial charge in [-0.25, -0.2) is 4.98 Å². The van der Waals surface area contributed by atoms with Gasteiger partial charge in [0.2, 0.25) is 5.88 Å². The van der Waals surface area contributed by atoms with E-state index in [1.54, 1.807) is 13.3 Å². The van der Waals surface area contributed by atoms with E-state index in [2.05, 4.69) is 55.4 Å². The number of fused-ring (bicyclic) bond motifs is 1. The van der Waals surface area contributed by atoms with Crippen molar-refractivity contribution in [2.75, 3.05) is 53.6 Å². The van der Waals surface area contributed by atoms with Crippen LogP contribution in [-0.4, -0.2) is 86.5 Å². The average molecular weight is 440 g/mol. The zero-order valence-electron chi connectivity index (χ0n) is 18.9. The van der Waals surface area contributed by atoms with Crippen LogP contribution in [0.3, 0.4) is 0 Å². The second kappa shape index (κ2) is 11.3. The summed E-state index contributed by atoms with van der Waals surface area (Å²) in [5.74, 6) is 1.49. The van der Waals surface area contributed by atoms with Gasteiger partial charge < -0.3 is 24.4 Å². The number of guanidine groups is 1. The zero-order chi connectivity index (χ0) is 22.2. The van der Waals surface area contributed by atoms with Crippen LogP contribution in [0.25, 0.3) is 0 Å². The number of morpholine rings is 1. The maximum Gasteiger partial charge on any atom is 0.218 e. The molecular weight excluding hydrogens is 406 g/mol. The van der Waals surface area contributed by atoms with Crippen LogP contribution in [0.5, 0.6) is 5.88 Å². The van der Waals surface area contributed by atoms with Gasteiger partial charge in [0.25, 0.3) is 0 Å². The molecule has 4 rings (SSSR count). The van der Waals surface area contributed by atoms with Crippen LogP contribution < -0.4 is 10.1 Å². The molecule has 0 spiro atoms. The van der Waals surface area contributed by atoms with E-state index in [1.165, 1.54) is 5.56 Å². The maximum absolute atomic E-state index is 6.12. The molecule has 172 valence electrons.